The molecule has 0 N–H and O–H groups in total. The van der Waals surface area contributed by atoms with E-state index in [1.165, 1.54) is 5.52 Å². The van der Waals surface area contributed by atoms with E-state index in [1.807, 2.05) is 30.3 Å². The minimum absolute atomic E-state index is 0.580. The minimum Gasteiger partial charge on any atom is -0.469 e. The summed E-state index contributed by atoms with van der Waals surface area (Å²) in [7, 11) is 0. The van der Waals surface area contributed by atoms with Crippen molar-refractivity contribution >= 4 is 11.0 Å². The molecule has 3 aromatic rings. The van der Waals surface area contributed by atoms with Gasteiger partial charge in [-0.05, 0) is 18.1 Å². The monoisotopic (exact) mass is 264 g/mol. The number of benzene rings is 2. The first-order valence-electron chi connectivity index (χ1n) is 6.98. The highest BCUT2D eigenvalue weighted by Gasteiger charge is 2.21. The molecule has 1 aliphatic heterocycles. The molecule has 1 aliphatic rings. The molecule has 0 bridgehead atoms. The lowest BCUT2D eigenvalue weighted by Gasteiger charge is -2.20. The number of nitrogens with zero attached hydrogens (tertiary/aromatic N) is 2. The Morgan fingerprint density at radius 3 is 2.75 bits per heavy atom. The lowest BCUT2D eigenvalue weighted by atomic mass is 10.2. The van der Waals surface area contributed by atoms with Crippen LogP contribution in [0.5, 0.6) is 11.5 Å². The number of imidazole rings is 1. The second-order valence-electron chi connectivity index (χ2n) is 5.63. The maximum Gasteiger partial charge on any atom is 0.244 e. The fourth-order valence-electron chi connectivity index (χ4n) is 2.79. The molecule has 2 heterocycles. The van der Waals surface area contributed by atoms with Gasteiger partial charge >= 0.3 is 0 Å². The average Bonchev–Trinajstić information content (AvgIpc) is 2.79. The molecule has 2 aromatic carbocycles. The maximum absolute atomic E-state index is 6.01. The van der Waals surface area contributed by atoms with E-state index in [4.69, 9.17) is 4.74 Å². The standard InChI is InChI=1S/C17H16N2O/c1-12(2)10-18-11-19-13-6-3-4-8-15(13)20-16-9-5-7-14(18)17(16)19/h3-9,12H,10H2,1-2H3. The number of hydrogen-bond acceptors (Lipinski definition) is 1. The predicted molar refractivity (Wildman–Crippen MR) is 77.2 cm³/mol. The Morgan fingerprint density at radius 2 is 1.90 bits per heavy atom. The van der Waals surface area contributed by atoms with Gasteiger partial charge in [0.15, 0.2) is 0 Å². The highest BCUT2D eigenvalue weighted by atomic mass is 16.5. The van der Waals surface area contributed by atoms with Gasteiger partial charge in [0, 0.05) is 0 Å². The van der Waals surface area contributed by atoms with Gasteiger partial charge in [-0.3, -0.25) is 0 Å². The average molecular weight is 264 g/mol. The third-order valence-corrected chi connectivity index (χ3v) is 3.59. The second-order valence-corrected chi connectivity index (χ2v) is 5.63. The summed E-state index contributed by atoms with van der Waals surface area (Å²) in [6, 6.07) is 14.3. The summed E-state index contributed by atoms with van der Waals surface area (Å²) in [5.41, 5.74) is 3.33. The minimum atomic E-state index is 0.580. The molecule has 3 heteroatoms. The lowest BCUT2D eigenvalue weighted by Crippen LogP contribution is -2.32. The number of fused-ring (bicyclic) bond motifs is 2. The van der Waals surface area contributed by atoms with Gasteiger partial charge in [0.25, 0.3) is 0 Å². The van der Waals surface area contributed by atoms with Gasteiger partial charge in [-0.25, -0.2) is 0 Å². The molecule has 0 atom stereocenters. The first-order valence-corrected chi connectivity index (χ1v) is 6.98. The van der Waals surface area contributed by atoms with Crippen LogP contribution in [0.3, 0.4) is 0 Å². The van der Waals surface area contributed by atoms with Crippen LogP contribution in [-0.2, 0) is 6.54 Å². The fourth-order valence-corrected chi connectivity index (χ4v) is 2.79. The quantitative estimate of drug-likeness (QED) is 0.400. The largest absolute Gasteiger partial charge is 0.469 e. The third kappa shape index (κ3) is 1.56. The molecule has 0 amide bonds. The molecule has 4 rings (SSSR count). The Labute approximate surface area is 118 Å². The summed E-state index contributed by atoms with van der Waals surface area (Å²) in [6.07, 6.45) is 3.47. The summed E-state index contributed by atoms with van der Waals surface area (Å²) in [5.74, 6) is 2.37. The molecule has 20 heavy (non-hydrogen) atoms. The van der Waals surface area contributed by atoms with Gasteiger partial charge in [-0.2, -0.15) is 0 Å². The number of rotatable bonds is 2. The van der Waals surface area contributed by atoms with Crippen LogP contribution >= 0.6 is 0 Å². The molecule has 0 aliphatic carbocycles. The first kappa shape index (κ1) is 11.5. The van der Waals surface area contributed by atoms with E-state index in [0.717, 1.165) is 29.2 Å². The van der Waals surface area contributed by atoms with E-state index in [1.54, 1.807) is 0 Å². The van der Waals surface area contributed by atoms with Crippen LogP contribution in [0.25, 0.3) is 16.7 Å². The summed E-state index contributed by atoms with van der Waals surface area (Å²) in [5, 5.41) is 0. The Morgan fingerprint density at radius 1 is 1.10 bits per heavy atom. The van der Waals surface area contributed by atoms with Gasteiger partial charge in [0.1, 0.15) is 11.5 Å². The predicted octanol–water partition coefficient (Wildman–Crippen LogP) is 3.48. The zero-order chi connectivity index (χ0) is 13.7. The Kier molecular flexibility index (Phi) is 2.36. The van der Waals surface area contributed by atoms with Gasteiger partial charge in [-0.1, -0.05) is 44.2 Å². The van der Waals surface area contributed by atoms with Crippen molar-refractivity contribution in [2.24, 2.45) is 5.92 Å². The molecular weight excluding hydrogens is 248 g/mol. The van der Waals surface area contributed by atoms with E-state index in [9.17, 15) is 0 Å². The van der Waals surface area contributed by atoms with Crippen molar-refractivity contribution in [3.05, 3.63) is 48.8 Å². The van der Waals surface area contributed by atoms with Gasteiger partial charge in [0.2, 0.25) is 6.33 Å². The van der Waals surface area contributed by atoms with Crippen LogP contribution in [0.2, 0.25) is 0 Å². The Balaban J connectivity index is 2.04. The Hall–Kier alpha value is -2.29. The summed E-state index contributed by atoms with van der Waals surface area (Å²) in [4.78, 5) is 0. The van der Waals surface area contributed by atoms with Crippen molar-refractivity contribution < 1.29 is 9.30 Å². The van der Waals surface area contributed by atoms with Gasteiger partial charge in [-0.15, -0.1) is 0 Å². The van der Waals surface area contributed by atoms with Crippen LogP contribution in [0, 0.1) is 12.2 Å². The zero-order valence-electron chi connectivity index (χ0n) is 11.6. The van der Waals surface area contributed by atoms with Crippen LogP contribution in [0.15, 0.2) is 42.5 Å². The number of hydrogen-bond donors (Lipinski definition) is 0. The smallest absolute Gasteiger partial charge is 0.244 e. The lowest BCUT2D eigenvalue weighted by molar-refractivity contribution is -0.575. The van der Waals surface area contributed by atoms with E-state index < -0.39 is 0 Å². The van der Waals surface area contributed by atoms with Gasteiger partial charge in [0.05, 0.1) is 23.3 Å². The number of aromatic nitrogens is 2. The third-order valence-electron chi connectivity index (χ3n) is 3.59. The maximum atomic E-state index is 6.01. The topological polar surface area (TPSA) is 18.0 Å². The number of para-hydroxylation sites is 3. The van der Waals surface area contributed by atoms with Crippen molar-refractivity contribution in [1.29, 1.82) is 0 Å². The summed E-state index contributed by atoms with van der Waals surface area (Å²) in [6.45, 7) is 5.39. The first-order chi connectivity index (χ1) is 9.74. The molecule has 0 spiro atoms. The van der Waals surface area contributed by atoms with E-state index >= 15 is 0 Å². The molecule has 0 saturated carbocycles. The molecule has 3 nitrogen and oxygen atoms in total. The van der Waals surface area contributed by atoms with Crippen molar-refractivity contribution in [2.75, 3.05) is 0 Å². The molecule has 0 unspecified atom stereocenters. The number of ether oxygens (including phenoxy) is 1. The fraction of sp³-hybridized carbons (Fsp3) is 0.235. The molecule has 100 valence electrons. The van der Waals surface area contributed by atoms with E-state index in [2.05, 4.69) is 41.4 Å². The highest BCUT2D eigenvalue weighted by Crippen LogP contribution is 2.35. The van der Waals surface area contributed by atoms with Crippen molar-refractivity contribution in [3.63, 3.8) is 0 Å². The molecule has 1 aromatic heterocycles. The van der Waals surface area contributed by atoms with Crippen LogP contribution in [0.4, 0.5) is 0 Å². The molecule has 0 fully saturated rings. The molecular formula is C17H16N2O. The SMILES string of the molecule is CC(C)Cn1[c-][n+]2c3c(cccc31)Oc1ccccc1-2. The van der Waals surface area contributed by atoms with Crippen LogP contribution in [0.1, 0.15) is 13.8 Å². The van der Waals surface area contributed by atoms with E-state index in [0.29, 0.717) is 5.92 Å². The van der Waals surface area contributed by atoms with Gasteiger partial charge < -0.3 is 13.9 Å². The summed E-state index contributed by atoms with van der Waals surface area (Å²) < 4.78 is 10.3. The Bertz CT molecular complexity index is 802. The van der Waals surface area contributed by atoms with Crippen molar-refractivity contribution in [3.8, 4) is 17.2 Å². The zero-order valence-corrected chi connectivity index (χ0v) is 11.6. The normalized spacial score (nSPS) is 12.6. The summed E-state index contributed by atoms with van der Waals surface area (Å²) >= 11 is 0. The second kappa shape index (κ2) is 4.10. The van der Waals surface area contributed by atoms with Crippen LogP contribution in [-0.4, -0.2) is 4.57 Å². The van der Waals surface area contributed by atoms with Crippen molar-refractivity contribution in [1.82, 2.24) is 4.57 Å². The molecule has 0 radical (unpaired) electrons. The van der Waals surface area contributed by atoms with Crippen LogP contribution < -0.4 is 9.30 Å². The van der Waals surface area contributed by atoms with E-state index in [-0.39, 0.29) is 0 Å². The van der Waals surface area contributed by atoms with Crippen molar-refractivity contribution in [2.45, 2.75) is 20.4 Å². The highest BCUT2D eigenvalue weighted by molar-refractivity contribution is 5.81. The molecule has 0 saturated heterocycles.